The summed E-state index contributed by atoms with van der Waals surface area (Å²) < 4.78 is 57.4. The number of ether oxygens (including phenoxy) is 1. The molecule has 0 radical (unpaired) electrons. The number of carbonyl (C=O) groups is 1. The lowest BCUT2D eigenvalue weighted by molar-refractivity contribution is -0.138. The van der Waals surface area contributed by atoms with E-state index in [-0.39, 0.29) is 22.9 Å². The van der Waals surface area contributed by atoms with E-state index in [4.69, 9.17) is 9.84 Å². The first-order valence-electron chi connectivity index (χ1n) is 7.08. The molecule has 0 aliphatic carbocycles. The summed E-state index contributed by atoms with van der Waals surface area (Å²) in [5, 5.41) is 8.77. The van der Waals surface area contributed by atoms with Crippen LogP contribution >= 0.6 is 0 Å². The topological polar surface area (TPSA) is 130 Å². The maximum Gasteiger partial charge on any atom is 0.321 e. The molecule has 1 heterocycles. The third kappa shape index (κ3) is 4.11. The first-order chi connectivity index (χ1) is 11.1. The second-order valence-corrected chi connectivity index (χ2v) is 8.82. The molecule has 1 fully saturated rings. The van der Waals surface area contributed by atoms with Crippen molar-refractivity contribution in [3.8, 4) is 0 Å². The predicted octanol–water partition coefficient (Wildman–Crippen LogP) is -0.541. The summed E-state index contributed by atoms with van der Waals surface area (Å²) in [6, 6.07) is 3.33. The lowest BCUT2D eigenvalue weighted by Gasteiger charge is -2.26. The number of sulfonamides is 2. The fraction of sp³-hybridized carbons (Fsp3) is 0.462. The van der Waals surface area contributed by atoms with Gasteiger partial charge in [-0.15, -0.1) is 0 Å². The summed E-state index contributed by atoms with van der Waals surface area (Å²) in [5.41, 5.74) is 0. The number of carboxylic acids is 1. The smallest absolute Gasteiger partial charge is 0.321 e. The van der Waals surface area contributed by atoms with Gasteiger partial charge in [-0.2, -0.15) is 9.03 Å². The second kappa shape index (κ2) is 7.15. The summed E-state index contributed by atoms with van der Waals surface area (Å²) in [6.07, 6.45) is 0. The van der Waals surface area contributed by atoms with Crippen LogP contribution in [0.1, 0.15) is 6.92 Å². The quantitative estimate of drug-likeness (QED) is 0.680. The number of nitrogens with one attached hydrogen (secondary N) is 1. The molecule has 24 heavy (non-hydrogen) atoms. The lowest BCUT2D eigenvalue weighted by Crippen LogP contribution is -2.40. The van der Waals surface area contributed by atoms with Crippen LogP contribution in [-0.2, 0) is 29.6 Å². The van der Waals surface area contributed by atoms with E-state index in [1.807, 2.05) is 4.72 Å². The molecule has 0 aromatic heterocycles. The average molecular weight is 378 g/mol. The van der Waals surface area contributed by atoms with E-state index in [0.717, 1.165) is 12.1 Å². The molecule has 1 aromatic carbocycles. The number of hydrogen-bond donors (Lipinski definition) is 2. The maximum absolute atomic E-state index is 12.4. The normalized spacial score (nSPS) is 18.2. The van der Waals surface area contributed by atoms with Crippen LogP contribution < -0.4 is 4.72 Å². The Kier molecular flexibility index (Phi) is 5.60. The van der Waals surface area contributed by atoms with E-state index < -0.39 is 32.1 Å². The van der Waals surface area contributed by atoms with Crippen molar-refractivity contribution in [3.05, 3.63) is 24.3 Å². The standard InChI is InChI=1S/C13H18N2O7S2/c1-10(13(16)17)14-23(18,19)11-2-4-12(5-3-11)24(20,21)15-6-8-22-9-7-15/h2-5,10,14H,6-9H2,1H3,(H,16,17)/t10-/m0/s1. The number of hydrogen-bond acceptors (Lipinski definition) is 6. The van der Waals surface area contributed by atoms with E-state index in [0.29, 0.717) is 13.2 Å². The number of morpholine rings is 1. The van der Waals surface area contributed by atoms with Crippen molar-refractivity contribution < 1.29 is 31.5 Å². The van der Waals surface area contributed by atoms with Gasteiger partial charge in [-0.05, 0) is 31.2 Å². The first kappa shape index (κ1) is 18.8. The minimum absolute atomic E-state index is 0.0327. The van der Waals surface area contributed by atoms with E-state index in [1.165, 1.54) is 23.4 Å². The number of rotatable bonds is 6. The zero-order chi connectivity index (χ0) is 18.0. The Morgan fingerprint density at radius 3 is 2.12 bits per heavy atom. The second-order valence-electron chi connectivity index (χ2n) is 5.17. The molecular formula is C13H18N2O7S2. The number of nitrogens with zero attached hydrogens (tertiary/aromatic N) is 1. The summed E-state index contributed by atoms with van der Waals surface area (Å²) in [5.74, 6) is -1.31. The molecular weight excluding hydrogens is 360 g/mol. The Balaban J connectivity index is 2.22. The lowest BCUT2D eigenvalue weighted by atomic mass is 10.4. The van der Waals surface area contributed by atoms with Crippen LogP contribution in [0.5, 0.6) is 0 Å². The first-order valence-corrected chi connectivity index (χ1v) is 10.00. The van der Waals surface area contributed by atoms with Gasteiger partial charge in [0.05, 0.1) is 23.0 Å². The molecule has 1 aliphatic heterocycles. The highest BCUT2D eigenvalue weighted by Crippen LogP contribution is 2.19. The molecule has 0 amide bonds. The van der Waals surface area contributed by atoms with Crippen LogP contribution in [0.4, 0.5) is 0 Å². The van der Waals surface area contributed by atoms with Gasteiger partial charge in [0.1, 0.15) is 6.04 Å². The number of benzene rings is 1. The molecule has 0 unspecified atom stereocenters. The van der Waals surface area contributed by atoms with Crippen molar-refractivity contribution in [2.24, 2.45) is 0 Å². The van der Waals surface area contributed by atoms with E-state index >= 15 is 0 Å². The molecule has 1 saturated heterocycles. The third-order valence-corrected chi connectivity index (χ3v) is 6.91. The van der Waals surface area contributed by atoms with Gasteiger partial charge in [0, 0.05) is 13.1 Å². The highest BCUT2D eigenvalue weighted by molar-refractivity contribution is 7.89. The van der Waals surface area contributed by atoms with Gasteiger partial charge >= 0.3 is 5.97 Å². The van der Waals surface area contributed by atoms with Crippen molar-refractivity contribution in [1.29, 1.82) is 0 Å². The fourth-order valence-corrected chi connectivity index (χ4v) is 4.68. The van der Waals surface area contributed by atoms with Crippen molar-refractivity contribution in [3.63, 3.8) is 0 Å². The molecule has 1 aromatic rings. The van der Waals surface area contributed by atoms with E-state index in [2.05, 4.69) is 0 Å². The minimum Gasteiger partial charge on any atom is -0.480 e. The largest absolute Gasteiger partial charge is 0.480 e. The highest BCUT2D eigenvalue weighted by atomic mass is 32.2. The average Bonchev–Trinajstić information content (AvgIpc) is 2.55. The van der Waals surface area contributed by atoms with Crippen LogP contribution in [0.2, 0.25) is 0 Å². The van der Waals surface area contributed by atoms with Crippen molar-refractivity contribution >= 4 is 26.0 Å². The molecule has 2 N–H and O–H groups in total. The van der Waals surface area contributed by atoms with Gasteiger partial charge in [-0.1, -0.05) is 0 Å². The van der Waals surface area contributed by atoms with Gasteiger partial charge in [0.2, 0.25) is 20.0 Å². The summed E-state index contributed by atoms with van der Waals surface area (Å²) in [7, 11) is -7.77. The molecule has 134 valence electrons. The van der Waals surface area contributed by atoms with Gasteiger partial charge in [-0.25, -0.2) is 16.8 Å². The van der Waals surface area contributed by atoms with E-state index in [9.17, 15) is 21.6 Å². The molecule has 1 atom stereocenters. The molecule has 0 bridgehead atoms. The Labute approximate surface area is 140 Å². The van der Waals surface area contributed by atoms with E-state index in [1.54, 1.807) is 0 Å². The molecule has 0 spiro atoms. The van der Waals surface area contributed by atoms with Crippen LogP contribution in [0.25, 0.3) is 0 Å². The fourth-order valence-electron chi connectivity index (χ4n) is 2.08. The number of carboxylic acid groups (broad SMARTS) is 1. The highest BCUT2D eigenvalue weighted by Gasteiger charge is 2.27. The zero-order valence-corrected chi connectivity index (χ0v) is 14.5. The molecule has 0 saturated carbocycles. The Morgan fingerprint density at radius 2 is 1.62 bits per heavy atom. The van der Waals surface area contributed by atoms with Gasteiger partial charge in [0.15, 0.2) is 0 Å². The van der Waals surface area contributed by atoms with Gasteiger partial charge < -0.3 is 9.84 Å². The maximum atomic E-state index is 12.4. The van der Waals surface area contributed by atoms with Crippen molar-refractivity contribution in [2.45, 2.75) is 22.8 Å². The Morgan fingerprint density at radius 1 is 1.12 bits per heavy atom. The number of aliphatic carboxylic acids is 1. The van der Waals surface area contributed by atoms with Crippen LogP contribution in [0.3, 0.4) is 0 Å². The van der Waals surface area contributed by atoms with Gasteiger partial charge in [-0.3, -0.25) is 4.79 Å². The zero-order valence-electron chi connectivity index (χ0n) is 12.9. The Hall–Kier alpha value is -1.53. The monoisotopic (exact) mass is 378 g/mol. The predicted molar refractivity (Wildman–Crippen MR) is 83.4 cm³/mol. The summed E-state index contributed by atoms with van der Waals surface area (Å²) >= 11 is 0. The van der Waals surface area contributed by atoms with Crippen molar-refractivity contribution in [1.82, 2.24) is 9.03 Å². The van der Waals surface area contributed by atoms with Gasteiger partial charge in [0.25, 0.3) is 0 Å². The summed E-state index contributed by atoms with van der Waals surface area (Å²) in [6.45, 7) is 2.28. The van der Waals surface area contributed by atoms with Crippen molar-refractivity contribution in [2.75, 3.05) is 26.3 Å². The van der Waals surface area contributed by atoms with Crippen LogP contribution in [0, 0.1) is 0 Å². The molecule has 2 rings (SSSR count). The SMILES string of the molecule is C[C@H](NS(=O)(=O)c1ccc(S(=O)(=O)N2CCOCC2)cc1)C(=O)O. The molecule has 11 heteroatoms. The summed E-state index contributed by atoms with van der Waals surface area (Å²) in [4.78, 5) is 10.5. The third-order valence-electron chi connectivity index (χ3n) is 3.44. The minimum atomic E-state index is -4.05. The molecule has 9 nitrogen and oxygen atoms in total. The molecule has 1 aliphatic rings. The van der Waals surface area contributed by atoms with Crippen LogP contribution in [0.15, 0.2) is 34.1 Å². The Bertz CT molecular complexity index is 797. The van der Waals surface area contributed by atoms with Crippen LogP contribution in [-0.4, -0.2) is 64.6 Å².